The Bertz CT molecular complexity index is 339. The SMILES string of the molecule is CC(CC(C)C)=NNC(=O)c1ccco1. The van der Waals surface area contributed by atoms with Gasteiger partial charge in [0.2, 0.25) is 0 Å². The van der Waals surface area contributed by atoms with Crippen LogP contribution in [0.4, 0.5) is 0 Å². The minimum atomic E-state index is -0.317. The van der Waals surface area contributed by atoms with Gasteiger partial charge in [-0.15, -0.1) is 0 Å². The minimum Gasteiger partial charge on any atom is -0.459 e. The van der Waals surface area contributed by atoms with Gasteiger partial charge in [0.05, 0.1) is 6.26 Å². The van der Waals surface area contributed by atoms with Crippen LogP contribution in [0.15, 0.2) is 27.9 Å². The third-order valence-corrected chi connectivity index (χ3v) is 1.80. The van der Waals surface area contributed by atoms with E-state index in [4.69, 9.17) is 4.42 Å². The Balaban J connectivity index is 2.46. The maximum absolute atomic E-state index is 11.4. The molecule has 1 heterocycles. The standard InChI is InChI=1S/C11H16N2O2/c1-8(2)7-9(3)12-13-11(14)10-5-4-6-15-10/h4-6,8H,7H2,1-3H3,(H,13,14). The topological polar surface area (TPSA) is 54.6 Å². The van der Waals surface area contributed by atoms with Gasteiger partial charge in [-0.1, -0.05) is 13.8 Å². The van der Waals surface area contributed by atoms with E-state index >= 15 is 0 Å². The maximum atomic E-state index is 11.4. The lowest BCUT2D eigenvalue weighted by Gasteiger charge is -2.03. The molecule has 0 aliphatic heterocycles. The lowest BCUT2D eigenvalue weighted by atomic mass is 10.1. The molecule has 1 rings (SSSR count). The smallest absolute Gasteiger partial charge is 0.307 e. The minimum absolute atomic E-state index is 0.274. The highest BCUT2D eigenvalue weighted by Crippen LogP contribution is 2.02. The molecule has 15 heavy (non-hydrogen) atoms. The number of carbonyl (C=O) groups is 1. The Morgan fingerprint density at radius 1 is 1.60 bits per heavy atom. The average Bonchev–Trinajstić information content (AvgIpc) is 2.65. The molecule has 0 unspecified atom stereocenters. The van der Waals surface area contributed by atoms with Crippen molar-refractivity contribution in [1.29, 1.82) is 0 Å². The fourth-order valence-electron chi connectivity index (χ4n) is 1.25. The van der Waals surface area contributed by atoms with E-state index in [0.29, 0.717) is 5.92 Å². The number of furan rings is 1. The molecule has 1 N–H and O–H groups in total. The summed E-state index contributed by atoms with van der Waals surface area (Å²) in [6.45, 7) is 6.10. The van der Waals surface area contributed by atoms with E-state index in [0.717, 1.165) is 12.1 Å². The first-order valence-corrected chi connectivity index (χ1v) is 4.96. The van der Waals surface area contributed by atoms with Crippen molar-refractivity contribution in [3.8, 4) is 0 Å². The molecule has 82 valence electrons. The predicted octanol–water partition coefficient (Wildman–Crippen LogP) is 2.43. The molecule has 0 saturated heterocycles. The third-order valence-electron chi connectivity index (χ3n) is 1.80. The molecule has 4 heteroatoms. The van der Waals surface area contributed by atoms with Crippen molar-refractivity contribution in [2.75, 3.05) is 0 Å². The lowest BCUT2D eigenvalue weighted by Crippen LogP contribution is -2.18. The van der Waals surface area contributed by atoms with Crippen LogP contribution in [-0.2, 0) is 0 Å². The second-order valence-electron chi connectivity index (χ2n) is 3.86. The van der Waals surface area contributed by atoms with E-state index in [2.05, 4.69) is 24.4 Å². The van der Waals surface area contributed by atoms with E-state index in [1.807, 2.05) is 6.92 Å². The summed E-state index contributed by atoms with van der Waals surface area (Å²) in [5.74, 6) is 0.494. The zero-order valence-corrected chi connectivity index (χ0v) is 9.28. The van der Waals surface area contributed by atoms with Crippen molar-refractivity contribution in [3.05, 3.63) is 24.2 Å². The molecule has 0 aliphatic carbocycles. The zero-order chi connectivity index (χ0) is 11.3. The summed E-state index contributed by atoms with van der Waals surface area (Å²) < 4.78 is 4.93. The van der Waals surface area contributed by atoms with Crippen molar-refractivity contribution in [2.24, 2.45) is 11.0 Å². The number of nitrogens with one attached hydrogen (secondary N) is 1. The van der Waals surface area contributed by atoms with Crippen LogP contribution >= 0.6 is 0 Å². The zero-order valence-electron chi connectivity index (χ0n) is 9.28. The van der Waals surface area contributed by atoms with Crippen molar-refractivity contribution in [2.45, 2.75) is 27.2 Å². The van der Waals surface area contributed by atoms with Gasteiger partial charge < -0.3 is 4.42 Å². The Labute approximate surface area is 89.4 Å². The first kappa shape index (κ1) is 11.5. The quantitative estimate of drug-likeness (QED) is 0.610. The number of rotatable bonds is 4. The second kappa shape index (κ2) is 5.34. The molecule has 0 radical (unpaired) electrons. The summed E-state index contributed by atoms with van der Waals surface area (Å²) in [5, 5.41) is 3.98. The second-order valence-corrected chi connectivity index (χ2v) is 3.86. The Morgan fingerprint density at radius 2 is 2.33 bits per heavy atom. The summed E-state index contributed by atoms with van der Waals surface area (Å²) in [5.41, 5.74) is 3.35. The first-order valence-electron chi connectivity index (χ1n) is 4.96. The summed E-state index contributed by atoms with van der Waals surface area (Å²) in [4.78, 5) is 11.4. The molecule has 0 bridgehead atoms. The van der Waals surface area contributed by atoms with Crippen molar-refractivity contribution in [3.63, 3.8) is 0 Å². The van der Waals surface area contributed by atoms with Gasteiger partial charge in [0, 0.05) is 5.71 Å². The fourth-order valence-corrected chi connectivity index (χ4v) is 1.25. The van der Waals surface area contributed by atoms with Gasteiger partial charge in [0.25, 0.3) is 0 Å². The average molecular weight is 208 g/mol. The number of hydrazone groups is 1. The number of amides is 1. The van der Waals surface area contributed by atoms with Crippen LogP contribution in [0.2, 0.25) is 0 Å². The molecule has 0 fully saturated rings. The van der Waals surface area contributed by atoms with Gasteiger partial charge in [-0.25, -0.2) is 5.43 Å². The number of carbonyl (C=O) groups excluding carboxylic acids is 1. The highest BCUT2D eigenvalue weighted by Gasteiger charge is 2.06. The van der Waals surface area contributed by atoms with E-state index in [1.165, 1.54) is 6.26 Å². The van der Waals surface area contributed by atoms with E-state index in [-0.39, 0.29) is 11.7 Å². The molecule has 0 atom stereocenters. The van der Waals surface area contributed by atoms with E-state index < -0.39 is 0 Å². The highest BCUT2D eigenvalue weighted by molar-refractivity contribution is 5.92. The van der Waals surface area contributed by atoms with Gasteiger partial charge in [0.15, 0.2) is 5.76 Å². The Kier molecular flexibility index (Phi) is 4.09. The first-order chi connectivity index (χ1) is 7.09. The predicted molar refractivity (Wildman–Crippen MR) is 58.7 cm³/mol. The summed E-state index contributed by atoms with van der Waals surface area (Å²) in [6.07, 6.45) is 2.33. The van der Waals surface area contributed by atoms with Crippen LogP contribution in [0, 0.1) is 5.92 Å². The normalized spacial score (nSPS) is 11.9. The summed E-state index contributed by atoms with van der Waals surface area (Å²) in [7, 11) is 0. The largest absolute Gasteiger partial charge is 0.459 e. The van der Waals surface area contributed by atoms with Gasteiger partial charge in [-0.3, -0.25) is 4.79 Å². The third kappa shape index (κ3) is 3.97. The molecular weight excluding hydrogens is 192 g/mol. The van der Waals surface area contributed by atoms with E-state index in [1.54, 1.807) is 12.1 Å². The molecule has 1 amide bonds. The summed E-state index contributed by atoms with van der Waals surface area (Å²) >= 11 is 0. The molecule has 4 nitrogen and oxygen atoms in total. The van der Waals surface area contributed by atoms with Gasteiger partial charge in [0.1, 0.15) is 0 Å². The molecule has 1 aromatic heterocycles. The molecule has 0 saturated carbocycles. The highest BCUT2D eigenvalue weighted by atomic mass is 16.3. The van der Waals surface area contributed by atoms with Gasteiger partial charge in [-0.05, 0) is 31.4 Å². The monoisotopic (exact) mass is 208 g/mol. The van der Waals surface area contributed by atoms with E-state index in [9.17, 15) is 4.79 Å². The molecule has 1 aromatic rings. The van der Waals surface area contributed by atoms with Crippen LogP contribution in [0.1, 0.15) is 37.7 Å². The molecular formula is C11H16N2O2. The van der Waals surface area contributed by atoms with Crippen LogP contribution < -0.4 is 5.43 Å². The number of hydrogen-bond acceptors (Lipinski definition) is 3. The van der Waals surface area contributed by atoms with Crippen LogP contribution in [0.25, 0.3) is 0 Å². The van der Waals surface area contributed by atoms with Crippen LogP contribution in [-0.4, -0.2) is 11.6 Å². The number of hydrogen-bond donors (Lipinski definition) is 1. The van der Waals surface area contributed by atoms with Gasteiger partial charge in [-0.2, -0.15) is 5.10 Å². The maximum Gasteiger partial charge on any atom is 0.307 e. The molecule has 0 aromatic carbocycles. The summed E-state index contributed by atoms with van der Waals surface area (Å²) in [6, 6.07) is 3.27. The van der Waals surface area contributed by atoms with Gasteiger partial charge >= 0.3 is 5.91 Å². The Hall–Kier alpha value is -1.58. The van der Waals surface area contributed by atoms with Crippen molar-refractivity contribution in [1.82, 2.24) is 5.43 Å². The van der Waals surface area contributed by atoms with Crippen molar-refractivity contribution >= 4 is 11.6 Å². The lowest BCUT2D eigenvalue weighted by molar-refractivity contribution is 0.0927. The fraction of sp³-hybridized carbons (Fsp3) is 0.455. The van der Waals surface area contributed by atoms with Crippen LogP contribution in [0.5, 0.6) is 0 Å². The molecule has 0 aliphatic rings. The Morgan fingerprint density at radius 3 is 2.87 bits per heavy atom. The molecule has 0 spiro atoms. The van der Waals surface area contributed by atoms with Crippen LogP contribution in [0.3, 0.4) is 0 Å². The van der Waals surface area contributed by atoms with Crippen molar-refractivity contribution < 1.29 is 9.21 Å². The number of nitrogens with zero attached hydrogens (tertiary/aromatic N) is 1.